The zero-order valence-electron chi connectivity index (χ0n) is 19.8. The van der Waals surface area contributed by atoms with E-state index in [2.05, 4.69) is 10.3 Å². The number of imidazole rings is 1. The molecule has 4 aromatic rings. The summed E-state index contributed by atoms with van der Waals surface area (Å²) in [6, 6.07) is 23.9. The lowest BCUT2D eigenvalue weighted by Crippen LogP contribution is -2.31. The predicted molar refractivity (Wildman–Crippen MR) is 137 cm³/mol. The molecule has 178 valence electrons. The Morgan fingerprint density at radius 2 is 1.69 bits per heavy atom. The van der Waals surface area contributed by atoms with Crippen LogP contribution in [-0.2, 0) is 24.9 Å². The zero-order chi connectivity index (χ0) is 24.6. The summed E-state index contributed by atoms with van der Waals surface area (Å²) >= 11 is 0. The van der Waals surface area contributed by atoms with Crippen molar-refractivity contribution < 1.29 is 14.3 Å². The number of ether oxygens (including phenoxy) is 1. The number of aromatic nitrogens is 2. The van der Waals surface area contributed by atoms with Gasteiger partial charge in [-0.3, -0.25) is 9.59 Å². The van der Waals surface area contributed by atoms with Gasteiger partial charge in [0, 0.05) is 42.9 Å². The number of hydrogen-bond acceptors (Lipinski definition) is 4. The summed E-state index contributed by atoms with van der Waals surface area (Å²) in [5, 5.41) is 2.89. The number of carbonyl (C=O) groups is 2. The quantitative estimate of drug-likeness (QED) is 0.381. The molecule has 1 N–H and O–H groups in total. The van der Waals surface area contributed by atoms with Crippen LogP contribution in [0.15, 0.2) is 91.3 Å². The van der Waals surface area contributed by atoms with Gasteiger partial charge in [-0.2, -0.15) is 0 Å². The fraction of sp³-hybridized carbons (Fsp3) is 0.179. The van der Waals surface area contributed by atoms with Crippen LogP contribution in [0.1, 0.15) is 28.7 Å². The summed E-state index contributed by atoms with van der Waals surface area (Å²) in [5.74, 6) is 1.29. The number of para-hydroxylation sites is 1. The maximum Gasteiger partial charge on any atom is 0.255 e. The summed E-state index contributed by atoms with van der Waals surface area (Å²) in [6.45, 7) is 2.91. The highest BCUT2D eigenvalue weighted by atomic mass is 16.5. The first-order chi connectivity index (χ1) is 17.0. The SMILES string of the molecule is CCN(C(=O)Cc1ccc(NC(=O)c2ccc(OCc3nccn3C)cc2)cc1)c1ccccc1. The molecule has 0 radical (unpaired) electrons. The minimum Gasteiger partial charge on any atom is -0.486 e. The van der Waals surface area contributed by atoms with E-state index in [0.29, 0.717) is 30.2 Å². The van der Waals surface area contributed by atoms with Crippen molar-refractivity contribution >= 4 is 23.2 Å². The second-order valence-corrected chi connectivity index (χ2v) is 8.07. The highest BCUT2D eigenvalue weighted by Crippen LogP contribution is 2.18. The molecule has 0 aliphatic heterocycles. The van der Waals surface area contributed by atoms with Crippen LogP contribution in [0.5, 0.6) is 5.75 Å². The average Bonchev–Trinajstić information content (AvgIpc) is 3.30. The van der Waals surface area contributed by atoms with E-state index < -0.39 is 0 Å². The molecule has 0 atom stereocenters. The first-order valence-corrected chi connectivity index (χ1v) is 11.5. The Morgan fingerprint density at radius 3 is 2.31 bits per heavy atom. The van der Waals surface area contributed by atoms with Gasteiger partial charge >= 0.3 is 0 Å². The second-order valence-electron chi connectivity index (χ2n) is 8.07. The molecule has 0 saturated carbocycles. The summed E-state index contributed by atoms with van der Waals surface area (Å²) in [6.07, 6.45) is 3.87. The van der Waals surface area contributed by atoms with Gasteiger partial charge in [0.25, 0.3) is 5.91 Å². The van der Waals surface area contributed by atoms with Crippen LogP contribution in [0, 0.1) is 0 Å². The number of rotatable bonds is 9. The van der Waals surface area contributed by atoms with E-state index in [1.54, 1.807) is 35.4 Å². The van der Waals surface area contributed by atoms with E-state index in [4.69, 9.17) is 4.74 Å². The molecule has 0 unspecified atom stereocenters. The Bertz CT molecular complexity index is 1270. The van der Waals surface area contributed by atoms with E-state index in [9.17, 15) is 9.59 Å². The molecule has 0 spiro atoms. The smallest absolute Gasteiger partial charge is 0.255 e. The van der Waals surface area contributed by atoms with Crippen LogP contribution in [-0.4, -0.2) is 27.9 Å². The second kappa shape index (κ2) is 11.2. The molecule has 7 heteroatoms. The number of nitrogens with one attached hydrogen (secondary N) is 1. The molecule has 3 aromatic carbocycles. The summed E-state index contributed by atoms with van der Waals surface area (Å²) in [5.41, 5.74) is 2.96. The topological polar surface area (TPSA) is 76.5 Å². The minimum absolute atomic E-state index is 0.0284. The van der Waals surface area contributed by atoms with Crippen molar-refractivity contribution in [2.45, 2.75) is 20.0 Å². The molecule has 1 aromatic heterocycles. The molecule has 1 heterocycles. The molecule has 4 rings (SSSR count). The van der Waals surface area contributed by atoms with E-state index in [-0.39, 0.29) is 18.2 Å². The third-order valence-electron chi connectivity index (χ3n) is 5.66. The van der Waals surface area contributed by atoms with Crippen LogP contribution in [0.2, 0.25) is 0 Å². The highest BCUT2D eigenvalue weighted by molar-refractivity contribution is 6.04. The molecule has 0 bridgehead atoms. The van der Waals surface area contributed by atoms with Crippen LogP contribution in [0.4, 0.5) is 11.4 Å². The molecule has 0 aliphatic rings. The largest absolute Gasteiger partial charge is 0.486 e. The van der Waals surface area contributed by atoms with Crippen LogP contribution < -0.4 is 15.0 Å². The molecule has 0 aliphatic carbocycles. The number of hydrogen-bond donors (Lipinski definition) is 1. The Kier molecular flexibility index (Phi) is 7.57. The average molecular weight is 469 g/mol. The molecule has 7 nitrogen and oxygen atoms in total. The number of likely N-dealkylation sites (N-methyl/N-ethyl adjacent to an activating group) is 1. The van der Waals surface area contributed by atoms with Gasteiger partial charge in [0.1, 0.15) is 18.2 Å². The van der Waals surface area contributed by atoms with E-state index in [1.807, 2.05) is 79.3 Å². The summed E-state index contributed by atoms with van der Waals surface area (Å²) in [4.78, 5) is 31.4. The van der Waals surface area contributed by atoms with Gasteiger partial charge in [-0.05, 0) is 61.0 Å². The number of aryl methyl sites for hydroxylation is 1. The van der Waals surface area contributed by atoms with E-state index in [1.165, 1.54) is 0 Å². The first-order valence-electron chi connectivity index (χ1n) is 11.5. The molecule has 0 saturated heterocycles. The molecule has 0 fully saturated rings. The lowest BCUT2D eigenvalue weighted by Gasteiger charge is -2.21. The predicted octanol–water partition coefficient (Wildman–Crippen LogP) is 4.85. The van der Waals surface area contributed by atoms with Crippen molar-refractivity contribution in [1.82, 2.24) is 9.55 Å². The lowest BCUT2D eigenvalue weighted by molar-refractivity contribution is -0.117. The van der Waals surface area contributed by atoms with Crippen molar-refractivity contribution in [3.63, 3.8) is 0 Å². The highest BCUT2D eigenvalue weighted by Gasteiger charge is 2.14. The van der Waals surface area contributed by atoms with Gasteiger partial charge in [-0.1, -0.05) is 30.3 Å². The van der Waals surface area contributed by atoms with Gasteiger partial charge in [0.15, 0.2) is 0 Å². The number of amides is 2. The molecule has 35 heavy (non-hydrogen) atoms. The fourth-order valence-electron chi connectivity index (χ4n) is 3.68. The van der Waals surface area contributed by atoms with E-state index in [0.717, 1.165) is 17.1 Å². The van der Waals surface area contributed by atoms with Gasteiger partial charge in [0.05, 0.1) is 6.42 Å². The lowest BCUT2D eigenvalue weighted by atomic mass is 10.1. The molecular weight excluding hydrogens is 440 g/mol. The van der Waals surface area contributed by atoms with Crippen molar-refractivity contribution in [2.24, 2.45) is 7.05 Å². The fourth-order valence-corrected chi connectivity index (χ4v) is 3.68. The maximum absolute atomic E-state index is 12.8. The number of nitrogens with zero attached hydrogens (tertiary/aromatic N) is 3. The Morgan fingerprint density at radius 1 is 0.971 bits per heavy atom. The van der Waals surface area contributed by atoms with E-state index >= 15 is 0 Å². The third kappa shape index (κ3) is 6.14. The first kappa shape index (κ1) is 23.8. The van der Waals surface area contributed by atoms with Gasteiger partial charge in [-0.15, -0.1) is 0 Å². The Balaban J connectivity index is 1.31. The van der Waals surface area contributed by atoms with Crippen molar-refractivity contribution in [1.29, 1.82) is 0 Å². The van der Waals surface area contributed by atoms with Gasteiger partial charge < -0.3 is 19.5 Å². The van der Waals surface area contributed by atoms with Gasteiger partial charge in [0.2, 0.25) is 5.91 Å². The summed E-state index contributed by atoms with van der Waals surface area (Å²) in [7, 11) is 1.91. The van der Waals surface area contributed by atoms with Crippen LogP contribution in [0.25, 0.3) is 0 Å². The standard InChI is InChI=1S/C28H28N4O3/c1-3-32(24-7-5-4-6-8-24)27(33)19-21-9-13-23(14-10-21)30-28(34)22-11-15-25(16-12-22)35-20-26-29-17-18-31(26)2/h4-18H,3,19-20H2,1-2H3,(H,30,34). The van der Waals surface area contributed by atoms with Crippen molar-refractivity contribution in [2.75, 3.05) is 16.8 Å². The van der Waals surface area contributed by atoms with Crippen LogP contribution >= 0.6 is 0 Å². The molecule has 2 amide bonds. The normalized spacial score (nSPS) is 10.6. The van der Waals surface area contributed by atoms with Gasteiger partial charge in [-0.25, -0.2) is 4.98 Å². The third-order valence-corrected chi connectivity index (χ3v) is 5.66. The number of carbonyl (C=O) groups excluding carboxylic acids is 2. The monoisotopic (exact) mass is 468 g/mol. The maximum atomic E-state index is 12.8. The van der Waals surface area contributed by atoms with Crippen LogP contribution in [0.3, 0.4) is 0 Å². The minimum atomic E-state index is -0.217. The van der Waals surface area contributed by atoms with Crippen molar-refractivity contribution in [3.8, 4) is 5.75 Å². The zero-order valence-corrected chi connectivity index (χ0v) is 19.8. The Hall–Kier alpha value is -4.39. The van der Waals surface area contributed by atoms with Crippen molar-refractivity contribution in [3.05, 3.63) is 108 Å². The number of benzene rings is 3. The summed E-state index contributed by atoms with van der Waals surface area (Å²) < 4.78 is 7.63. The number of anilines is 2. The molecular formula is C28H28N4O3. The Labute approximate surface area is 205 Å².